The molecule has 0 atom stereocenters. The Labute approximate surface area is 141 Å². The van der Waals surface area contributed by atoms with Crippen molar-refractivity contribution < 1.29 is 9.53 Å². The molecule has 0 unspecified atom stereocenters. The number of benzene rings is 1. The van der Waals surface area contributed by atoms with E-state index in [-0.39, 0.29) is 12.7 Å². The molecule has 2 aromatic rings. The predicted octanol–water partition coefficient (Wildman–Crippen LogP) is 2.59. The van der Waals surface area contributed by atoms with Crippen LogP contribution in [-0.4, -0.2) is 54.0 Å². The van der Waals surface area contributed by atoms with Crippen LogP contribution in [-0.2, 0) is 4.74 Å². The number of hydrogen-bond acceptors (Lipinski definition) is 5. The van der Waals surface area contributed by atoms with Crippen molar-refractivity contribution in [2.75, 3.05) is 37.7 Å². The minimum Gasteiger partial charge on any atom is -0.445 e. The summed E-state index contributed by atoms with van der Waals surface area (Å²) in [6.07, 6.45) is 1.28. The quantitative estimate of drug-likeness (QED) is 0.809. The van der Waals surface area contributed by atoms with Crippen LogP contribution in [0, 0.1) is 0 Å². The molecule has 0 N–H and O–H groups in total. The first-order chi connectivity index (χ1) is 11.8. The maximum atomic E-state index is 11.8. The molecule has 1 aromatic heterocycles. The first-order valence-electron chi connectivity index (χ1n) is 7.94. The molecule has 1 aliphatic rings. The molecule has 24 heavy (non-hydrogen) atoms. The van der Waals surface area contributed by atoms with Gasteiger partial charge in [0.05, 0.1) is 5.69 Å². The minimum atomic E-state index is -0.292. The molecule has 1 aliphatic heterocycles. The highest BCUT2D eigenvalue weighted by Gasteiger charge is 2.22. The number of nitrogens with zero attached hydrogens (tertiary/aromatic N) is 4. The lowest BCUT2D eigenvalue weighted by atomic mass is 10.1. The van der Waals surface area contributed by atoms with Crippen molar-refractivity contribution in [3.8, 4) is 11.3 Å². The summed E-state index contributed by atoms with van der Waals surface area (Å²) in [5, 5.41) is 8.64. The van der Waals surface area contributed by atoms with Gasteiger partial charge in [-0.05, 0) is 12.1 Å². The van der Waals surface area contributed by atoms with Crippen LogP contribution in [0.3, 0.4) is 0 Å². The summed E-state index contributed by atoms with van der Waals surface area (Å²) in [4.78, 5) is 15.6. The van der Waals surface area contributed by atoms with Crippen molar-refractivity contribution in [2.24, 2.45) is 0 Å². The summed E-state index contributed by atoms with van der Waals surface area (Å²) in [5.41, 5.74) is 1.90. The van der Waals surface area contributed by atoms with E-state index in [0.717, 1.165) is 17.1 Å². The van der Waals surface area contributed by atoms with E-state index in [4.69, 9.17) is 4.74 Å². The van der Waals surface area contributed by atoms with Gasteiger partial charge < -0.3 is 14.5 Å². The monoisotopic (exact) mass is 324 g/mol. The highest BCUT2D eigenvalue weighted by Crippen LogP contribution is 2.19. The maximum Gasteiger partial charge on any atom is 0.410 e. The smallest absolute Gasteiger partial charge is 0.410 e. The molecule has 0 radical (unpaired) electrons. The fraction of sp³-hybridized carbons (Fsp3) is 0.278. The number of carbonyl (C=O) groups is 1. The highest BCUT2D eigenvalue weighted by molar-refractivity contribution is 5.68. The first-order valence-corrected chi connectivity index (χ1v) is 7.94. The maximum absolute atomic E-state index is 11.8. The van der Waals surface area contributed by atoms with Crippen molar-refractivity contribution >= 4 is 11.9 Å². The third-order valence-corrected chi connectivity index (χ3v) is 3.91. The zero-order valence-electron chi connectivity index (χ0n) is 13.5. The third-order valence-electron chi connectivity index (χ3n) is 3.91. The normalized spacial score (nSPS) is 14.3. The highest BCUT2D eigenvalue weighted by atomic mass is 16.6. The summed E-state index contributed by atoms with van der Waals surface area (Å²) in [5.74, 6) is 0.828. The average Bonchev–Trinajstić information content (AvgIpc) is 2.67. The van der Waals surface area contributed by atoms with Crippen LogP contribution in [0.15, 0.2) is 55.1 Å². The molecular formula is C18H20N4O2. The van der Waals surface area contributed by atoms with E-state index >= 15 is 0 Å². The van der Waals surface area contributed by atoms with E-state index in [1.807, 2.05) is 42.5 Å². The van der Waals surface area contributed by atoms with Gasteiger partial charge in [0.25, 0.3) is 0 Å². The van der Waals surface area contributed by atoms with Crippen molar-refractivity contribution in [3.05, 3.63) is 55.1 Å². The summed E-state index contributed by atoms with van der Waals surface area (Å²) in [6, 6.07) is 13.9. The fourth-order valence-electron chi connectivity index (χ4n) is 2.60. The van der Waals surface area contributed by atoms with Crippen LogP contribution in [0.1, 0.15) is 0 Å². The molecule has 2 heterocycles. The van der Waals surface area contributed by atoms with E-state index in [9.17, 15) is 4.79 Å². The lowest BCUT2D eigenvalue weighted by molar-refractivity contribution is 0.110. The Morgan fingerprint density at radius 3 is 2.46 bits per heavy atom. The number of piperazine rings is 1. The molecule has 0 bridgehead atoms. The Bertz CT molecular complexity index is 680. The summed E-state index contributed by atoms with van der Waals surface area (Å²) in [6.45, 7) is 6.42. The number of ether oxygens (including phenoxy) is 1. The van der Waals surface area contributed by atoms with Gasteiger partial charge in [0, 0.05) is 31.7 Å². The molecule has 1 saturated heterocycles. The summed E-state index contributed by atoms with van der Waals surface area (Å²) >= 11 is 0. The molecule has 124 valence electrons. The van der Waals surface area contributed by atoms with Crippen LogP contribution >= 0.6 is 0 Å². The molecule has 0 saturated carbocycles. The number of aromatic nitrogens is 2. The molecule has 1 aromatic carbocycles. The van der Waals surface area contributed by atoms with Crippen LogP contribution in [0.2, 0.25) is 0 Å². The largest absolute Gasteiger partial charge is 0.445 e. The van der Waals surface area contributed by atoms with Gasteiger partial charge in [-0.25, -0.2) is 4.79 Å². The molecule has 1 amide bonds. The van der Waals surface area contributed by atoms with Gasteiger partial charge in [-0.2, -0.15) is 0 Å². The fourth-order valence-corrected chi connectivity index (χ4v) is 2.60. The number of anilines is 1. The zero-order valence-corrected chi connectivity index (χ0v) is 13.5. The summed E-state index contributed by atoms with van der Waals surface area (Å²) < 4.78 is 5.06. The van der Waals surface area contributed by atoms with Crippen LogP contribution in [0.25, 0.3) is 11.3 Å². The number of carbonyl (C=O) groups excluding carboxylic acids is 1. The third kappa shape index (κ3) is 3.71. The second kappa shape index (κ2) is 7.59. The second-order valence-corrected chi connectivity index (χ2v) is 5.48. The van der Waals surface area contributed by atoms with Gasteiger partial charge >= 0.3 is 6.09 Å². The molecule has 0 aliphatic carbocycles. The van der Waals surface area contributed by atoms with Gasteiger partial charge in [0.2, 0.25) is 0 Å². The van der Waals surface area contributed by atoms with Crippen molar-refractivity contribution in [1.82, 2.24) is 15.1 Å². The van der Waals surface area contributed by atoms with Crippen LogP contribution in [0.5, 0.6) is 0 Å². The standard InChI is InChI=1S/C18H20N4O2/c1-2-14-24-18(23)22-12-10-21(11-13-22)17-9-8-16(19-20-17)15-6-4-3-5-7-15/h2-9H,1,10-14H2. The van der Waals surface area contributed by atoms with E-state index in [0.29, 0.717) is 26.2 Å². The number of rotatable bonds is 4. The molecule has 0 spiro atoms. The van der Waals surface area contributed by atoms with E-state index < -0.39 is 0 Å². The van der Waals surface area contributed by atoms with Gasteiger partial charge in [0.15, 0.2) is 5.82 Å². The van der Waals surface area contributed by atoms with Gasteiger partial charge in [-0.3, -0.25) is 0 Å². The van der Waals surface area contributed by atoms with Crippen LogP contribution < -0.4 is 4.90 Å². The molecule has 1 fully saturated rings. The molecule has 3 rings (SSSR count). The Morgan fingerprint density at radius 1 is 1.08 bits per heavy atom. The second-order valence-electron chi connectivity index (χ2n) is 5.48. The van der Waals surface area contributed by atoms with Gasteiger partial charge in [-0.15, -0.1) is 10.2 Å². The Hall–Kier alpha value is -2.89. The molecular weight excluding hydrogens is 304 g/mol. The topological polar surface area (TPSA) is 58.6 Å². The number of amides is 1. The first kappa shape index (κ1) is 16.0. The number of hydrogen-bond donors (Lipinski definition) is 0. The van der Waals surface area contributed by atoms with Crippen molar-refractivity contribution in [1.29, 1.82) is 0 Å². The minimum absolute atomic E-state index is 0.242. The SMILES string of the molecule is C=CCOC(=O)N1CCN(c2ccc(-c3ccccc3)nn2)CC1. The van der Waals surface area contributed by atoms with Gasteiger partial charge in [0.1, 0.15) is 6.61 Å². The lowest BCUT2D eigenvalue weighted by Crippen LogP contribution is -2.49. The predicted molar refractivity (Wildman–Crippen MR) is 92.8 cm³/mol. The Balaban J connectivity index is 1.59. The average molecular weight is 324 g/mol. The van der Waals surface area contributed by atoms with Crippen molar-refractivity contribution in [2.45, 2.75) is 0 Å². The Kier molecular flexibility index (Phi) is 5.05. The molecule has 6 nitrogen and oxygen atoms in total. The van der Waals surface area contributed by atoms with Gasteiger partial charge in [-0.1, -0.05) is 43.0 Å². The lowest BCUT2D eigenvalue weighted by Gasteiger charge is -2.34. The Morgan fingerprint density at radius 2 is 1.83 bits per heavy atom. The zero-order chi connectivity index (χ0) is 16.8. The van der Waals surface area contributed by atoms with E-state index in [1.54, 1.807) is 11.0 Å². The molecule has 6 heteroatoms. The van der Waals surface area contributed by atoms with E-state index in [1.165, 1.54) is 0 Å². The van der Waals surface area contributed by atoms with Crippen LogP contribution in [0.4, 0.5) is 10.6 Å². The summed E-state index contributed by atoms with van der Waals surface area (Å²) in [7, 11) is 0. The van der Waals surface area contributed by atoms with Crippen molar-refractivity contribution in [3.63, 3.8) is 0 Å². The van der Waals surface area contributed by atoms with E-state index in [2.05, 4.69) is 21.7 Å².